The lowest BCUT2D eigenvalue weighted by molar-refractivity contribution is -0.140. The summed E-state index contributed by atoms with van der Waals surface area (Å²) in [6, 6.07) is 3.57. The zero-order chi connectivity index (χ0) is 14.7. The molecule has 2 amide bonds. The Labute approximate surface area is 125 Å². The number of carbonyl (C=O) groups excluding carboxylic acids is 1. The lowest BCUT2D eigenvalue weighted by atomic mass is 10.3. The third kappa shape index (κ3) is 3.10. The molecule has 0 bridgehead atoms. The van der Waals surface area contributed by atoms with Gasteiger partial charge in [-0.05, 0) is 18.2 Å². The Bertz CT molecular complexity index is 540. The Morgan fingerprint density at radius 3 is 2.90 bits per heavy atom. The highest BCUT2D eigenvalue weighted by Crippen LogP contribution is 2.28. The van der Waals surface area contributed by atoms with Crippen LogP contribution in [0.1, 0.15) is 0 Å². The van der Waals surface area contributed by atoms with Gasteiger partial charge < -0.3 is 20.1 Å². The van der Waals surface area contributed by atoms with Crippen molar-refractivity contribution in [3.05, 3.63) is 23.2 Å². The van der Waals surface area contributed by atoms with E-state index in [1.807, 2.05) is 0 Å². The van der Waals surface area contributed by atoms with E-state index in [0.29, 0.717) is 28.1 Å². The Kier molecular flexibility index (Phi) is 4.61. The van der Waals surface area contributed by atoms with Crippen LogP contribution in [0.25, 0.3) is 0 Å². The summed E-state index contributed by atoms with van der Waals surface area (Å²) in [5.74, 6) is 0.251. The largest absolute Gasteiger partial charge is 0.495 e. The molecule has 0 saturated carbocycles. The molecule has 0 aromatic heterocycles. The van der Waals surface area contributed by atoms with Gasteiger partial charge in [-0.2, -0.15) is 0 Å². The summed E-state index contributed by atoms with van der Waals surface area (Å²) in [5, 5.41) is 12.0. The van der Waals surface area contributed by atoms with Crippen molar-refractivity contribution < 1.29 is 19.4 Å². The molecule has 0 radical (unpaired) electrons. The number of halogens is 1. The van der Waals surface area contributed by atoms with Gasteiger partial charge in [0.15, 0.2) is 0 Å². The first-order chi connectivity index (χ1) is 9.52. The van der Waals surface area contributed by atoms with Gasteiger partial charge in [-0.1, -0.05) is 11.6 Å². The number of thioether (sulfide) groups is 1. The Hall–Kier alpha value is -1.60. The zero-order valence-corrected chi connectivity index (χ0v) is 12.2. The van der Waals surface area contributed by atoms with Crippen LogP contribution in [0, 0.1) is 0 Å². The van der Waals surface area contributed by atoms with E-state index in [9.17, 15) is 9.59 Å². The highest BCUT2D eigenvalue weighted by atomic mass is 35.5. The number of carboxylic acid groups (broad SMARTS) is 1. The van der Waals surface area contributed by atoms with Gasteiger partial charge in [0, 0.05) is 11.4 Å². The number of urea groups is 1. The van der Waals surface area contributed by atoms with Crippen LogP contribution in [-0.4, -0.2) is 46.8 Å². The first-order valence-electron chi connectivity index (χ1n) is 5.74. The van der Waals surface area contributed by atoms with Gasteiger partial charge in [-0.25, -0.2) is 9.59 Å². The Morgan fingerprint density at radius 2 is 2.30 bits per heavy atom. The van der Waals surface area contributed by atoms with E-state index in [-0.39, 0.29) is 0 Å². The van der Waals surface area contributed by atoms with E-state index >= 15 is 0 Å². The van der Waals surface area contributed by atoms with Crippen molar-refractivity contribution in [3.63, 3.8) is 0 Å². The fourth-order valence-corrected chi connectivity index (χ4v) is 3.19. The number of aliphatic carboxylic acids is 1. The van der Waals surface area contributed by atoms with Crippen molar-refractivity contribution in [1.29, 1.82) is 0 Å². The fraction of sp³-hybridized carbons (Fsp3) is 0.333. The number of hydrogen-bond acceptors (Lipinski definition) is 4. The van der Waals surface area contributed by atoms with Crippen LogP contribution in [0.15, 0.2) is 18.2 Å². The van der Waals surface area contributed by atoms with Crippen molar-refractivity contribution in [2.75, 3.05) is 24.1 Å². The molecule has 1 unspecified atom stereocenters. The normalized spacial score (nSPS) is 17.9. The second-order valence-electron chi connectivity index (χ2n) is 4.10. The molecular weight excluding hydrogens is 304 g/mol. The molecule has 1 atom stereocenters. The average Bonchev–Trinajstić information content (AvgIpc) is 2.88. The molecule has 6 nitrogen and oxygen atoms in total. The number of anilines is 1. The van der Waals surface area contributed by atoms with Crippen molar-refractivity contribution in [1.82, 2.24) is 4.90 Å². The molecule has 20 heavy (non-hydrogen) atoms. The number of hydrogen-bond donors (Lipinski definition) is 2. The smallest absolute Gasteiger partial charge is 0.327 e. The Balaban J connectivity index is 2.08. The lowest BCUT2D eigenvalue weighted by Gasteiger charge is -2.21. The molecule has 2 rings (SSSR count). The maximum Gasteiger partial charge on any atom is 0.327 e. The summed E-state index contributed by atoms with van der Waals surface area (Å²) in [6.45, 7) is 0. The summed E-state index contributed by atoms with van der Waals surface area (Å²) < 4.78 is 5.02. The molecule has 108 valence electrons. The highest BCUT2D eigenvalue weighted by Gasteiger charge is 2.34. The van der Waals surface area contributed by atoms with E-state index in [2.05, 4.69) is 5.32 Å². The van der Waals surface area contributed by atoms with E-state index in [1.54, 1.807) is 18.2 Å². The topological polar surface area (TPSA) is 78.9 Å². The number of methoxy groups -OCH3 is 1. The minimum absolute atomic E-state index is 0.354. The minimum Gasteiger partial charge on any atom is -0.495 e. The van der Waals surface area contributed by atoms with Crippen LogP contribution in [0.4, 0.5) is 10.5 Å². The molecule has 2 N–H and O–H groups in total. The molecule has 1 aliphatic heterocycles. The van der Waals surface area contributed by atoms with Crippen molar-refractivity contribution in [3.8, 4) is 5.75 Å². The predicted octanol–water partition coefficient (Wildman–Crippen LogP) is 2.34. The first-order valence-corrected chi connectivity index (χ1v) is 7.28. The van der Waals surface area contributed by atoms with Gasteiger partial charge in [-0.3, -0.25) is 0 Å². The number of carboxylic acids is 1. The van der Waals surface area contributed by atoms with Crippen LogP contribution >= 0.6 is 23.4 Å². The summed E-state index contributed by atoms with van der Waals surface area (Å²) in [4.78, 5) is 24.4. The average molecular weight is 317 g/mol. The standard InChI is InChI=1S/C12H13ClN2O4S/c1-19-10-3-2-7(4-8(10)13)14-12(18)15-6-20-5-9(15)11(16)17/h2-4,9H,5-6H2,1H3,(H,14,18)(H,16,17). The molecule has 1 aromatic carbocycles. The predicted molar refractivity (Wildman–Crippen MR) is 77.6 cm³/mol. The van der Waals surface area contributed by atoms with Crippen LogP contribution in [0.5, 0.6) is 5.75 Å². The van der Waals surface area contributed by atoms with Gasteiger partial charge in [0.1, 0.15) is 11.8 Å². The molecular formula is C12H13ClN2O4S. The summed E-state index contributed by atoms with van der Waals surface area (Å²) >= 11 is 7.37. The maximum atomic E-state index is 12.1. The SMILES string of the molecule is COc1ccc(NC(=O)N2CSCC2C(=O)O)cc1Cl. The molecule has 1 fully saturated rings. The minimum atomic E-state index is -1.00. The third-order valence-corrected chi connectivity index (χ3v) is 4.14. The second kappa shape index (κ2) is 6.23. The molecule has 1 heterocycles. The van der Waals surface area contributed by atoms with Crippen LogP contribution in [0.2, 0.25) is 5.02 Å². The number of nitrogens with one attached hydrogen (secondary N) is 1. The number of benzene rings is 1. The van der Waals surface area contributed by atoms with Crippen molar-refractivity contribution >= 4 is 41.1 Å². The number of amides is 2. The Morgan fingerprint density at radius 1 is 1.55 bits per heavy atom. The fourth-order valence-electron chi connectivity index (χ4n) is 1.79. The van der Waals surface area contributed by atoms with Gasteiger partial charge >= 0.3 is 12.0 Å². The maximum absolute atomic E-state index is 12.1. The molecule has 0 aliphatic carbocycles. The zero-order valence-electron chi connectivity index (χ0n) is 10.6. The lowest BCUT2D eigenvalue weighted by Crippen LogP contribution is -2.43. The van der Waals surface area contributed by atoms with Gasteiger partial charge in [0.05, 0.1) is 18.0 Å². The van der Waals surface area contributed by atoms with Gasteiger partial charge in [0.25, 0.3) is 0 Å². The molecule has 8 heteroatoms. The van der Waals surface area contributed by atoms with Crippen LogP contribution in [0.3, 0.4) is 0 Å². The van der Waals surface area contributed by atoms with Crippen LogP contribution in [-0.2, 0) is 4.79 Å². The van der Waals surface area contributed by atoms with Gasteiger partial charge in [0.2, 0.25) is 0 Å². The number of rotatable bonds is 3. The molecule has 1 aromatic rings. The third-order valence-electron chi connectivity index (χ3n) is 2.83. The highest BCUT2D eigenvalue weighted by molar-refractivity contribution is 7.99. The molecule has 0 spiro atoms. The van der Waals surface area contributed by atoms with E-state index < -0.39 is 18.0 Å². The van der Waals surface area contributed by atoms with Gasteiger partial charge in [-0.15, -0.1) is 11.8 Å². The van der Waals surface area contributed by atoms with Crippen LogP contribution < -0.4 is 10.1 Å². The number of ether oxygens (including phenoxy) is 1. The van der Waals surface area contributed by atoms with E-state index in [4.69, 9.17) is 21.4 Å². The molecule has 1 saturated heterocycles. The van der Waals surface area contributed by atoms with Crippen molar-refractivity contribution in [2.24, 2.45) is 0 Å². The summed E-state index contributed by atoms with van der Waals surface area (Å²) in [5.41, 5.74) is 0.488. The number of nitrogens with zero attached hydrogens (tertiary/aromatic N) is 1. The first kappa shape index (κ1) is 14.8. The molecule has 1 aliphatic rings. The van der Waals surface area contributed by atoms with Crippen molar-refractivity contribution in [2.45, 2.75) is 6.04 Å². The number of carbonyl (C=O) groups is 2. The monoisotopic (exact) mass is 316 g/mol. The van der Waals surface area contributed by atoms with E-state index in [0.717, 1.165) is 0 Å². The summed E-state index contributed by atoms with van der Waals surface area (Å²) in [6.07, 6.45) is 0. The summed E-state index contributed by atoms with van der Waals surface area (Å²) in [7, 11) is 1.50. The van der Waals surface area contributed by atoms with E-state index in [1.165, 1.54) is 23.8 Å². The second-order valence-corrected chi connectivity index (χ2v) is 5.51. The quantitative estimate of drug-likeness (QED) is 0.895.